The Bertz CT molecular complexity index is 1680. The van der Waals surface area contributed by atoms with Gasteiger partial charge in [0.25, 0.3) is 10.0 Å². The van der Waals surface area contributed by atoms with Crippen LogP contribution in [-0.2, 0) is 32.6 Å². The van der Waals surface area contributed by atoms with E-state index < -0.39 is 28.5 Å². The number of hydrogen-bond donors (Lipinski definition) is 1. The molecule has 4 aromatic rings. The number of sulfonamides is 1. The summed E-state index contributed by atoms with van der Waals surface area (Å²) in [6.45, 7) is 7.41. The number of carbonyl (C=O) groups excluding carboxylic acids is 2. The number of halogens is 1. The molecule has 0 saturated carbocycles. The molecule has 7 nitrogen and oxygen atoms in total. The van der Waals surface area contributed by atoms with Crippen LogP contribution in [-0.4, -0.2) is 43.8 Å². The van der Waals surface area contributed by atoms with E-state index in [1.54, 1.807) is 48.5 Å². The van der Waals surface area contributed by atoms with E-state index in [0.29, 0.717) is 5.69 Å². The number of aryl methyl sites for hydroxylation is 2. The van der Waals surface area contributed by atoms with Crippen molar-refractivity contribution in [2.24, 2.45) is 0 Å². The number of anilines is 1. The van der Waals surface area contributed by atoms with Crippen molar-refractivity contribution >= 4 is 43.5 Å². The number of carbonyl (C=O) groups is 2. The van der Waals surface area contributed by atoms with E-state index in [-0.39, 0.29) is 29.8 Å². The summed E-state index contributed by atoms with van der Waals surface area (Å²) in [5.74, 6) is -0.778. The SMILES string of the molecule is CC[C@H](C)NC(=O)[C@@H](Cc1ccccc1)N(Cc1ccc(C)cc1)C(=O)CN(c1ccc(Br)cc1)S(=O)(=O)c1ccc(C)cc1. The maximum atomic E-state index is 14.5. The number of amides is 2. The van der Waals surface area contributed by atoms with Crippen LogP contribution in [0.25, 0.3) is 0 Å². The van der Waals surface area contributed by atoms with Crippen molar-refractivity contribution in [2.45, 2.75) is 64.1 Å². The highest BCUT2D eigenvalue weighted by Gasteiger charge is 2.35. The zero-order chi connectivity index (χ0) is 32.6. The molecule has 0 heterocycles. The van der Waals surface area contributed by atoms with Gasteiger partial charge < -0.3 is 10.2 Å². The van der Waals surface area contributed by atoms with Crippen LogP contribution in [0.15, 0.2) is 112 Å². The minimum absolute atomic E-state index is 0.0734. The van der Waals surface area contributed by atoms with Crippen molar-refractivity contribution in [3.05, 3.63) is 130 Å². The first-order chi connectivity index (χ1) is 21.5. The molecule has 0 aliphatic rings. The lowest BCUT2D eigenvalue weighted by molar-refractivity contribution is -0.140. The van der Waals surface area contributed by atoms with E-state index in [0.717, 1.165) is 37.5 Å². The molecule has 0 aromatic heterocycles. The van der Waals surface area contributed by atoms with Gasteiger partial charge in [-0.15, -0.1) is 0 Å². The lowest BCUT2D eigenvalue weighted by atomic mass is 10.0. The quantitative estimate of drug-likeness (QED) is 0.167. The molecule has 0 bridgehead atoms. The average Bonchev–Trinajstić information content (AvgIpc) is 3.03. The summed E-state index contributed by atoms with van der Waals surface area (Å²) in [6, 6.07) is 29.7. The van der Waals surface area contributed by atoms with Crippen molar-refractivity contribution in [3.63, 3.8) is 0 Å². The summed E-state index contributed by atoms with van der Waals surface area (Å²) in [4.78, 5) is 30.0. The highest BCUT2D eigenvalue weighted by atomic mass is 79.9. The molecule has 2 atom stereocenters. The third kappa shape index (κ3) is 9.05. The fourth-order valence-electron chi connectivity index (χ4n) is 4.86. The predicted molar refractivity (Wildman–Crippen MR) is 183 cm³/mol. The standard InChI is InChI=1S/C36H40BrN3O4S/c1-5-28(4)38-36(42)34(23-29-9-7-6-8-10-29)39(24-30-15-11-26(2)12-16-30)35(41)25-40(32-19-17-31(37)18-20-32)45(43,44)33-21-13-27(3)14-22-33/h6-22,28,34H,5,23-25H2,1-4H3,(H,38,42)/t28-,34+/m0/s1. The van der Waals surface area contributed by atoms with Crippen LogP contribution in [0.4, 0.5) is 5.69 Å². The van der Waals surface area contributed by atoms with Crippen LogP contribution in [0.1, 0.15) is 42.5 Å². The van der Waals surface area contributed by atoms with E-state index in [9.17, 15) is 18.0 Å². The Kier molecular flexibility index (Phi) is 11.6. The van der Waals surface area contributed by atoms with Crippen molar-refractivity contribution in [1.29, 1.82) is 0 Å². The summed E-state index contributed by atoms with van der Waals surface area (Å²) in [7, 11) is -4.15. The zero-order valence-corrected chi connectivity index (χ0v) is 28.5. The van der Waals surface area contributed by atoms with Crippen molar-refractivity contribution in [1.82, 2.24) is 10.2 Å². The second-order valence-electron chi connectivity index (χ2n) is 11.3. The van der Waals surface area contributed by atoms with Gasteiger partial charge in [0.15, 0.2) is 0 Å². The largest absolute Gasteiger partial charge is 0.352 e. The van der Waals surface area contributed by atoms with Crippen molar-refractivity contribution < 1.29 is 18.0 Å². The molecule has 0 aliphatic carbocycles. The number of rotatable bonds is 13. The minimum Gasteiger partial charge on any atom is -0.352 e. The fraction of sp³-hybridized carbons (Fsp3) is 0.278. The van der Waals surface area contributed by atoms with Crippen molar-refractivity contribution in [2.75, 3.05) is 10.8 Å². The molecule has 9 heteroatoms. The second kappa shape index (κ2) is 15.4. The first kappa shape index (κ1) is 33.9. The minimum atomic E-state index is -4.15. The number of benzene rings is 4. The molecule has 4 rings (SSSR count). The van der Waals surface area contributed by atoms with E-state index in [1.807, 2.05) is 82.3 Å². The molecule has 0 unspecified atom stereocenters. The molecule has 0 saturated heterocycles. The number of hydrogen-bond acceptors (Lipinski definition) is 4. The lowest BCUT2D eigenvalue weighted by Gasteiger charge is -2.34. The summed E-state index contributed by atoms with van der Waals surface area (Å²) >= 11 is 3.42. The van der Waals surface area contributed by atoms with Crippen LogP contribution >= 0.6 is 15.9 Å². The van der Waals surface area contributed by atoms with E-state index in [2.05, 4.69) is 21.2 Å². The monoisotopic (exact) mass is 689 g/mol. The summed E-state index contributed by atoms with van der Waals surface area (Å²) in [6.07, 6.45) is 0.992. The van der Waals surface area contributed by atoms with Gasteiger partial charge in [0, 0.05) is 23.5 Å². The summed E-state index contributed by atoms with van der Waals surface area (Å²) in [5.41, 5.74) is 4.05. The summed E-state index contributed by atoms with van der Waals surface area (Å²) < 4.78 is 30.2. The Hall–Kier alpha value is -3.95. The molecular formula is C36H40BrN3O4S. The van der Waals surface area contributed by atoms with Gasteiger partial charge in [-0.1, -0.05) is 101 Å². The predicted octanol–water partition coefficient (Wildman–Crippen LogP) is 6.82. The molecule has 0 aliphatic heterocycles. The molecular weight excluding hydrogens is 650 g/mol. The van der Waals surface area contributed by atoms with Crippen LogP contribution in [0.5, 0.6) is 0 Å². The molecule has 0 spiro atoms. The van der Waals surface area contributed by atoms with Gasteiger partial charge in [-0.3, -0.25) is 13.9 Å². The normalized spacial score (nSPS) is 12.6. The van der Waals surface area contributed by atoms with Gasteiger partial charge >= 0.3 is 0 Å². The summed E-state index contributed by atoms with van der Waals surface area (Å²) in [5, 5.41) is 3.06. The van der Waals surface area contributed by atoms with E-state index in [4.69, 9.17) is 0 Å². The maximum Gasteiger partial charge on any atom is 0.264 e. The van der Waals surface area contributed by atoms with Gasteiger partial charge in [0.1, 0.15) is 12.6 Å². The van der Waals surface area contributed by atoms with Crippen LogP contribution in [0.3, 0.4) is 0 Å². The maximum absolute atomic E-state index is 14.5. The van der Waals surface area contributed by atoms with Gasteiger partial charge in [-0.05, 0) is 74.7 Å². The van der Waals surface area contributed by atoms with Crippen LogP contribution < -0.4 is 9.62 Å². The van der Waals surface area contributed by atoms with E-state index in [1.165, 1.54) is 4.90 Å². The Morgan fingerprint density at radius 3 is 1.96 bits per heavy atom. The van der Waals surface area contributed by atoms with Gasteiger partial charge in [-0.25, -0.2) is 8.42 Å². The third-order valence-corrected chi connectivity index (χ3v) is 10.1. The lowest BCUT2D eigenvalue weighted by Crippen LogP contribution is -2.54. The zero-order valence-electron chi connectivity index (χ0n) is 26.1. The Balaban J connectivity index is 1.80. The molecule has 4 aromatic carbocycles. The molecule has 0 radical (unpaired) electrons. The molecule has 0 fully saturated rings. The average molecular weight is 691 g/mol. The smallest absolute Gasteiger partial charge is 0.264 e. The topological polar surface area (TPSA) is 86.8 Å². The number of nitrogens with one attached hydrogen (secondary N) is 1. The highest BCUT2D eigenvalue weighted by Crippen LogP contribution is 2.27. The fourth-order valence-corrected chi connectivity index (χ4v) is 6.54. The molecule has 2 amide bonds. The number of nitrogens with zero attached hydrogens (tertiary/aromatic N) is 2. The second-order valence-corrected chi connectivity index (χ2v) is 14.1. The van der Waals surface area contributed by atoms with Gasteiger partial charge in [0.2, 0.25) is 11.8 Å². The Labute approximate surface area is 275 Å². The first-order valence-electron chi connectivity index (χ1n) is 15.0. The third-order valence-electron chi connectivity index (χ3n) is 7.75. The molecule has 45 heavy (non-hydrogen) atoms. The Morgan fingerprint density at radius 1 is 0.800 bits per heavy atom. The first-order valence-corrected chi connectivity index (χ1v) is 17.3. The van der Waals surface area contributed by atoms with Crippen molar-refractivity contribution in [3.8, 4) is 0 Å². The Morgan fingerprint density at radius 2 is 1.38 bits per heavy atom. The van der Waals surface area contributed by atoms with Crippen LogP contribution in [0.2, 0.25) is 0 Å². The van der Waals surface area contributed by atoms with E-state index >= 15 is 0 Å². The highest BCUT2D eigenvalue weighted by molar-refractivity contribution is 9.10. The molecule has 236 valence electrons. The van der Waals surface area contributed by atoms with Gasteiger partial charge in [-0.2, -0.15) is 0 Å². The van der Waals surface area contributed by atoms with Gasteiger partial charge in [0.05, 0.1) is 10.6 Å². The van der Waals surface area contributed by atoms with Crippen LogP contribution in [0, 0.1) is 13.8 Å². The molecule has 1 N–H and O–H groups in total.